The molecule has 0 radical (unpaired) electrons. The SMILES string of the molecule is CSC1C2CC3C(C2)C31. The molecule has 4 aliphatic carbocycles. The zero-order valence-corrected chi connectivity index (χ0v) is 6.53. The highest BCUT2D eigenvalue weighted by Crippen LogP contribution is 2.72. The number of hydrogen-bond donors (Lipinski definition) is 0. The minimum Gasteiger partial charge on any atom is -0.161 e. The molecule has 4 saturated carbocycles. The highest BCUT2D eigenvalue weighted by atomic mass is 32.2. The number of thioether (sulfide) groups is 1. The van der Waals surface area contributed by atoms with Crippen LogP contribution in [-0.4, -0.2) is 11.5 Å². The summed E-state index contributed by atoms with van der Waals surface area (Å²) in [6.45, 7) is 0. The van der Waals surface area contributed by atoms with Crippen molar-refractivity contribution in [2.75, 3.05) is 6.26 Å². The summed E-state index contributed by atoms with van der Waals surface area (Å²) in [4.78, 5) is 0. The Morgan fingerprint density at radius 2 is 1.89 bits per heavy atom. The van der Waals surface area contributed by atoms with Crippen molar-refractivity contribution in [3.63, 3.8) is 0 Å². The first-order valence-corrected chi connectivity index (χ1v) is 5.23. The quantitative estimate of drug-likeness (QED) is 0.537. The van der Waals surface area contributed by atoms with Crippen molar-refractivity contribution in [3.05, 3.63) is 0 Å². The normalized spacial score (nSPS) is 67.0. The molecule has 9 heavy (non-hydrogen) atoms. The third kappa shape index (κ3) is 0.419. The molecule has 0 N–H and O–H groups in total. The van der Waals surface area contributed by atoms with Crippen LogP contribution in [0.15, 0.2) is 0 Å². The van der Waals surface area contributed by atoms with E-state index in [2.05, 4.69) is 18.0 Å². The molecular formula is C8H12S. The van der Waals surface area contributed by atoms with Crippen LogP contribution in [0.2, 0.25) is 0 Å². The molecule has 3 unspecified atom stereocenters. The molecule has 3 atom stereocenters. The molecule has 4 bridgehead atoms. The molecular weight excluding hydrogens is 128 g/mol. The first kappa shape index (κ1) is 5.06. The summed E-state index contributed by atoms with van der Waals surface area (Å²) in [6.07, 6.45) is 5.49. The Morgan fingerprint density at radius 1 is 1.22 bits per heavy atom. The summed E-state index contributed by atoms with van der Waals surface area (Å²) in [5.41, 5.74) is 0. The smallest absolute Gasteiger partial charge is 0.0106 e. The summed E-state index contributed by atoms with van der Waals surface area (Å²) in [6, 6.07) is 0. The summed E-state index contributed by atoms with van der Waals surface area (Å²) in [5, 5.41) is 1.10. The summed E-state index contributed by atoms with van der Waals surface area (Å²) in [5.74, 6) is 4.78. The van der Waals surface area contributed by atoms with E-state index in [9.17, 15) is 0 Å². The molecule has 4 aliphatic rings. The minimum atomic E-state index is 1.10. The topological polar surface area (TPSA) is 0 Å². The van der Waals surface area contributed by atoms with Gasteiger partial charge in [0.25, 0.3) is 0 Å². The molecule has 4 fully saturated rings. The molecule has 0 aromatic rings. The molecule has 0 saturated heterocycles. The molecule has 50 valence electrons. The van der Waals surface area contributed by atoms with Crippen LogP contribution in [0.3, 0.4) is 0 Å². The van der Waals surface area contributed by atoms with Gasteiger partial charge in [-0.15, -0.1) is 0 Å². The zero-order chi connectivity index (χ0) is 6.01. The van der Waals surface area contributed by atoms with Crippen LogP contribution in [0.4, 0.5) is 0 Å². The highest BCUT2D eigenvalue weighted by Gasteiger charge is 2.67. The molecule has 0 heterocycles. The Labute approximate surface area is 60.4 Å². The number of hydrogen-bond acceptors (Lipinski definition) is 1. The Kier molecular flexibility index (Phi) is 0.753. The van der Waals surface area contributed by atoms with E-state index in [1.165, 1.54) is 17.8 Å². The van der Waals surface area contributed by atoms with Crippen molar-refractivity contribution < 1.29 is 0 Å². The average molecular weight is 140 g/mol. The lowest BCUT2D eigenvalue weighted by atomic mass is 10.1. The van der Waals surface area contributed by atoms with Gasteiger partial charge in [-0.2, -0.15) is 11.8 Å². The zero-order valence-electron chi connectivity index (χ0n) is 5.71. The van der Waals surface area contributed by atoms with Crippen molar-refractivity contribution in [3.8, 4) is 0 Å². The van der Waals surface area contributed by atoms with Gasteiger partial charge in [-0.05, 0) is 42.8 Å². The highest BCUT2D eigenvalue weighted by molar-refractivity contribution is 7.99. The van der Waals surface area contributed by atoms with Crippen LogP contribution in [0.25, 0.3) is 0 Å². The molecule has 4 rings (SSSR count). The van der Waals surface area contributed by atoms with E-state index >= 15 is 0 Å². The lowest BCUT2D eigenvalue weighted by molar-refractivity contribution is 0.615. The van der Waals surface area contributed by atoms with Gasteiger partial charge >= 0.3 is 0 Å². The Bertz CT molecular complexity index is 141. The second kappa shape index (κ2) is 1.34. The molecule has 0 nitrogen and oxygen atoms in total. The Hall–Kier alpha value is 0.350. The summed E-state index contributed by atoms with van der Waals surface area (Å²) in [7, 11) is 0. The van der Waals surface area contributed by atoms with E-state index in [0.717, 1.165) is 11.2 Å². The van der Waals surface area contributed by atoms with Gasteiger partial charge in [0.2, 0.25) is 0 Å². The van der Waals surface area contributed by atoms with Gasteiger partial charge in [0, 0.05) is 5.25 Å². The number of rotatable bonds is 1. The Balaban J connectivity index is 1.95. The predicted octanol–water partition coefficient (Wildman–Crippen LogP) is 2.00. The minimum absolute atomic E-state index is 1.10. The van der Waals surface area contributed by atoms with Gasteiger partial charge in [-0.25, -0.2) is 0 Å². The van der Waals surface area contributed by atoms with Crippen molar-refractivity contribution in [2.24, 2.45) is 23.7 Å². The van der Waals surface area contributed by atoms with E-state index in [1.54, 1.807) is 12.8 Å². The lowest BCUT2D eigenvalue weighted by Crippen LogP contribution is -2.05. The van der Waals surface area contributed by atoms with Crippen LogP contribution in [0, 0.1) is 23.7 Å². The molecule has 0 aromatic carbocycles. The van der Waals surface area contributed by atoms with Crippen LogP contribution in [0.1, 0.15) is 12.8 Å². The van der Waals surface area contributed by atoms with Crippen LogP contribution in [0.5, 0.6) is 0 Å². The lowest BCUT2D eigenvalue weighted by Gasteiger charge is -2.09. The van der Waals surface area contributed by atoms with E-state index in [4.69, 9.17) is 0 Å². The summed E-state index contributed by atoms with van der Waals surface area (Å²) < 4.78 is 0. The van der Waals surface area contributed by atoms with E-state index in [1.807, 2.05) is 0 Å². The third-order valence-electron chi connectivity index (χ3n) is 3.66. The maximum absolute atomic E-state index is 2.29. The van der Waals surface area contributed by atoms with Gasteiger partial charge in [0.05, 0.1) is 0 Å². The second-order valence-electron chi connectivity index (χ2n) is 3.84. The first-order valence-electron chi connectivity index (χ1n) is 3.94. The van der Waals surface area contributed by atoms with E-state index in [0.29, 0.717) is 0 Å². The monoisotopic (exact) mass is 140 g/mol. The fraction of sp³-hybridized carbons (Fsp3) is 1.00. The van der Waals surface area contributed by atoms with E-state index in [-0.39, 0.29) is 0 Å². The van der Waals surface area contributed by atoms with Gasteiger partial charge in [0.1, 0.15) is 0 Å². The predicted molar refractivity (Wildman–Crippen MR) is 40.5 cm³/mol. The van der Waals surface area contributed by atoms with Gasteiger partial charge < -0.3 is 0 Å². The maximum Gasteiger partial charge on any atom is 0.0106 e. The fourth-order valence-corrected chi connectivity index (χ4v) is 4.68. The van der Waals surface area contributed by atoms with Crippen LogP contribution in [-0.2, 0) is 0 Å². The molecule has 0 aromatic heterocycles. The van der Waals surface area contributed by atoms with Gasteiger partial charge in [0.15, 0.2) is 0 Å². The van der Waals surface area contributed by atoms with E-state index < -0.39 is 0 Å². The molecule has 0 aliphatic heterocycles. The van der Waals surface area contributed by atoms with Crippen molar-refractivity contribution in [1.29, 1.82) is 0 Å². The van der Waals surface area contributed by atoms with Crippen molar-refractivity contribution in [2.45, 2.75) is 18.1 Å². The molecule has 0 amide bonds. The third-order valence-corrected chi connectivity index (χ3v) is 4.91. The molecule has 0 spiro atoms. The van der Waals surface area contributed by atoms with Crippen LogP contribution < -0.4 is 0 Å². The van der Waals surface area contributed by atoms with Gasteiger partial charge in [-0.1, -0.05) is 0 Å². The van der Waals surface area contributed by atoms with Crippen molar-refractivity contribution in [1.82, 2.24) is 0 Å². The molecule has 1 heteroatoms. The Morgan fingerprint density at radius 3 is 2.11 bits per heavy atom. The average Bonchev–Trinajstić information content (AvgIpc) is 2.40. The first-order chi connectivity index (χ1) is 4.42. The fourth-order valence-electron chi connectivity index (χ4n) is 3.35. The van der Waals surface area contributed by atoms with Crippen molar-refractivity contribution >= 4 is 11.8 Å². The second-order valence-corrected chi connectivity index (χ2v) is 4.85. The largest absolute Gasteiger partial charge is 0.161 e. The van der Waals surface area contributed by atoms with Gasteiger partial charge in [-0.3, -0.25) is 0 Å². The standard InChI is InChI=1S/C8H12S/c1-9-8-4-2-5-6(3-4)7(5)8/h4-8H,2-3H2,1H3. The maximum atomic E-state index is 2.29. The van der Waals surface area contributed by atoms with Crippen LogP contribution >= 0.6 is 11.8 Å². The summed E-state index contributed by atoms with van der Waals surface area (Å²) >= 11 is 2.13.